The van der Waals surface area contributed by atoms with Crippen LogP contribution in [0.25, 0.3) is 0 Å². The zero-order chi connectivity index (χ0) is 12.3. The third kappa shape index (κ3) is 3.28. The van der Waals surface area contributed by atoms with Crippen molar-refractivity contribution in [2.75, 3.05) is 6.54 Å². The predicted octanol–water partition coefficient (Wildman–Crippen LogP) is 2.52. The van der Waals surface area contributed by atoms with Gasteiger partial charge in [0.2, 0.25) is 0 Å². The zero-order valence-electron chi connectivity index (χ0n) is 9.47. The largest absolute Gasteiger partial charge is 0.408 e. The maximum Gasteiger partial charge on any atom is 0.408 e. The van der Waals surface area contributed by atoms with Crippen molar-refractivity contribution in [2.24, 2.45) is 0 Å². The number of amides is 2. The van der Waals surface area contributed by atoms with Crippen LogP contribution in [0.1, 0.15) is 33.1 Å². The van der Waals surface area contributed by atoms with Gasteiger partial charge in [-0.25, -0.2) is 4.79 Å². The molecule has 0 aromatic heterocycles. The summed E-state index contributed by atoms with van der Waals surface area (Å²) in [5.41, 5.74) is 0. The molecule has 2 amide bonds. The second kappa shape index (κ2) is 4.93. The zero-order valence-corrected chi connectivity index (χ0v) is 9.47. The number of carbonyl (C=O) groups is 1. The van der Waals surface area contributed by atoms with E-state index < -0.39 is 18.2 Å². The van der Waals surface area contributed by atoms with Crippen molar-refractivity contribution < 1.29 is 18.0 Å². The van der Waals surface area contributed by atoms with E-state index in [-0.39, 0.29) is 19.0 Å². The van der Waals surface area contributed by atoms with Gasteiger partial charge in [-0.2, -0.15) is 13.2 Å². The molecular formula is C10H17F3N2O. The van der Waals surface area contributed by atoms with Gasteiger partial charge >= 0.3 is 12.2 Å². The van der Waals surface area contributed by atoms with Crippen molar-refractivity contribution in [3.05, 3.63) is 0 Å². The molecule has 16 heavy (non-hydrogen) atoms. The lowest BCUT2D eigenvalue weighted by Crippen LogP contribution is -2.55. The fraction of sp³-hybridized carbons (Fsp3) is 0.900. The number of rotatable bonds is 1. The monoisotopic (exact) mass is 238 g/mol. The minimum absolute atomic E-state index is 0.00894. The summed E-state index contributed by atoms with van der Waals surface area (Å²) in [6.07, 6.45) is -3.16. The van der Waals surface area contributed by atoms with E-state index in [1.807, 2.05) is 0 Å². The van der Waals surface area contributed by atoms with Crippen molar-refractivity contribution >= 4 is 6.03 Å². The molecule has 0 aromatic carbocycles. The first-order chi connectivity index (χ1) is 7.32. The quantitative estimate of drug-likeness (QED) is 0.748. The molecule has 0 saturated carbocycles. The predicted molar refractivity (Wildman–Crippen MR) is 54.1 cm³/mol. The van der Waals surface area contributed by atoms with E-state index in [2.05, 4.69) is 5.32 Å². The Morgan fingerprint density at radius 1 is 1.38 bits per heavy atom. The molecule has 1 heterocycles. The van der Waals surface area contributed by atoms with Gasteiger partial charge in [0.1, 0.15) is 6.04 Å². The van der Waals surface area contributed by atoms with E-state index in [0.29, 0.717) is 12.8 Å². The number of nitrogens with zero attached hydrogens (tertiary/aromatic N) is 1. The molecule has 1 N–H and O–H groups in total. The highest BCUT2D eigenvalue weighted by Gasteiger charge is 2.46. The molecular weight excluding hydrogens is 221 g/mol. The number of nitrogens with one attached hydrogen (secondary N) is 1. The summed E-state index contributed by atoms with van der Waals surface area (Å²) in [6.45, 7) is 3.64. The Balaban J connectivity index is 2.70. The number of halogens is 3. The first-order valence-electron chi connectivity index (χ1n) is 5.46. The van der Waals surface area contributed by atoms with E-state index in [0.717, 1.165) is 4.90 Å². The third-order valence-electron chi connectivity index (χ3n) is 2.55. The maximum absolute atomic E-state index is 12.7. The van der Waals surface area contributed by atoms with Crippen LogP contribution < -0.4 is 5.32 Å². The summed E-state index contributed by atoms with van der Waals surface area (Å²) >= 11 is 0. The van der Waals surface area contributed by atoms with Crippen LogP contribution in [-0.2, 0) is 0 Å². The van der Waals surface area contributed by atoms with E-state index >= 15 is 0 Å². The normalized spacial score (nSPS) is 22.4. The van der Waals surface area contributed by atoms with Crippen LogP contribution in [0.3, 0.4) is 0 Å². The molecule has 1 aliphatic rings. The minimum atomic E-state index is -4.32. The highest BCUT2D eigenvalue weighted by Crippen LogP contribution is 2.31. The van der Waals surface area contributed by atoms with Crippen LogP contribution in [0.15, 0.2) is 0 Å². The summed E-state index contributed by atoms with van der Waals surface area (Å²) in [7, 11) is 0. The number of hydrogen-bond acceptors (Lipinski definition) is 1. The lowest BCUT2D eigenvalue weighted by molar-refractivity contribution is -0.182. The molecule has 0 spiro atoms. The van der Waals surface area contributed by atoms with Gasteiger partial charge in [-0.3, -0.25) is 0 Å². The first-order valence-corrected chi connectivity index (χ1v) is 5.46. The summed E-state index contributed by atoms with van der Waals surface area (Å²) in [4.78, 5) is 12.5. The molecule has 1 aliphatic heterocycles. The number of carbonyl (C=O) groups excluding carboxylic acids is 1. The van der Waals surface area contributed by atoms with Crippen molar-refractivity contribution in [3.63, 3.8) is 0 Å². The van der Waals surface area contributed by atoms with Gasteiger partial charge in [0, 0.05) is 12.6 Å². The molecule has 1 saturated heterocycles. The lowest BCUT2D eigenvalue weighted by Gasteiger charge is -2.37. The highest BCUT2D eigenvalue weighted by molar-refractivity contribution is 5.75. The van der Waals surface area contributed by atoms with Gasteiger partial charge in [-0.15, -0.1) is 0 Å². The number of piperidine rings is 1. The van der Waals surface area contributed by atoms with Crippen LogP contribution in [0.2, 0.25) is 0 Å². The fourth-order valence-electron chi connectivity index (χ4n) is 1.84. The van der Waals surface area contributed by atoms with Crippen LogP contribution in [0.4, 0.5) is 18.0 Å². The van der Waals surface area contributed by atoms with Crippen LogP contribution in [-0.4, -0.2) is 35.7 Å². The number of hydrogen-bond donors (Lipinski definition) is 1. The lowest BCUT2D eigenvalue weighted by atomic mass is 10.0. The molecule has 94 valence electrons. The molecule has 1 rings (SSSR count). The maximum atomic E-state index is 12.7. The second-order valence-electron chi connectivity index (χ2n) is 4.35. The SMILES string of the molecule is CC(C)NC(=O)N1CCCC[C@@H]1C(F)(F)F. The molecule has 1 fully saturated rings. The Kier molecular flexibility index (Phi) is 4.04. The third-order valence-corrected chi connectivity index (χ3v) is 2.55. The number of likely N-dealkylation sites (tertiary alicyclic amines) is 1. The average molecular weight is 238 g/mol. The van der Waals surface area contributed by atoms with Crippen LogP contribution in [0.5, 0.6) is 0 Å². The van der Waals surface area contributed by atoms with Crippen molar-refractivity contribution in [3.8, 4) is 0 Å². The van der Waals surface area contributed by atoms with E-state index in [4.69, 9.17) is 0 Å². The summed E-state index contributed by atoms with van der Waals surface area (Å²) in [5.74, 6) is 0. The Labute approximate surface area is 93.0 Å². The number of alkyl halides is 3. The van der Waals surface area contributed by atoms with Gasteiger partial charge in [0.15, 0.2) is 0 Å². The van der Waals surface area contributed by atoms with Gasteiger partial charge in [-0.05, 0) is 33.1 Å². The van der Waals surface area contributed by atoms with Gasteiger partial charge in [-0.1, -0.05) is 0 Å². The second-order valence-corrected chi connectivity index (χ2v) is 4.35. The average Bonchev–Trinajstić information content (AvgIpc) is 2.15. The van der Waals surface area contributed by atoms with Crippen molar-refractivity contribution in [2.45, 2.75) is 51.4 Å². The molecule has 0 aromatic rings. The number of urea groups is 1. The summed E-state index contributed by atoms with van der Waals surface area (Å²) < 4.78 is 38.0. The van der Waals surface area contributed by atoms with E-state index in [1.54, 1.807) is 13.8 Å². The summed E-state index contributed by atoms with van der Waals surface area (Å²) in [6, 6.07) is -2.39. The Morgan fingerprint density at radius 2 is 2.00 bits per heavy atom. The Morgan fingerprint density at radius 3 is 2.50 bits per heavy atom. The molecule has 1 atom stereocenters. The van der Waals surface area contributed by atoms with Gasteiger partial charge < -0.3 is 10.2 Å². The summed E-state index contributed by atoms with van der Waals surface area (Å²) in [5, 5.41) is 2.50. The molecule has 0 bridgehead atoms. The molecule has 6 heteroatoms. The van der Waals surface area contributed by atoms with Gasteiger partial charge in [0.25, 0.3) is 0 Å². The molecule has 0 unspecified atom stereocenters. The molecule has 3 nitrogen and oxygen atoms in total. The molecule has 0 radical (unpaired) electrons. The van der Waals surface area contributed by atoms with E-state index in [1.165, 1.54) is 0 Å². The Bertz CT molecular complexity index is 253. The van der Waals surface area contributed by atoms with Crippen molar-refractivity contribution in [1.29, 1.82) is 0 Å². The topological polar surface area (TPSA) is 32.3 Å². The molecule has 0 aliphatic carbocycles. The first kappa shape index (κ1) is 13.1. The van der Waals surface area contributed by atoms with Crippen LogP contribution in [0, 0.1) is 0 Å². The van der Waals surface area contributed by atoms with E-state index in [9.17, 15) is 18.0 Å². The highest BCUT2D eigenvalue weighted by atomic mass is 19.4. The van der Waals surface area contributed by atoms with Gasteiger partial charge in [0.05, 0.1) is 0 Å². The standard InChI is InChI=1S/C10H17F3N2O/c1-7(2)14-9(16)15-6-4-3-5-8(15)10(11,12)13/h7-8H,3-6H2,1-2H3,(H,14,16)/t8-/m1/s1. The van der Waals surface area contributed by atoms with Crippen molar-refractivity contribution in [1.82, 2.24) is 10.2 Å². The minimum Gasteiger partial charge on any atom is -0.336 e. The van der Waals surface area contributed by atoms with Crippen LogP contribution >= 0.6 is 0 Å². The fourth-order valence-corrected chi connectivity index (χ4v) is 1.84. The smallest absolute Gasteiger partial charge is 0.336 e. The Hall–Kier alpha value is -0.940.